The zero-order chi connectivity index (χ0) is 25.9. The van der Waals surface area contributed by atoms with Crippen molar-refractivity contribution in [3.8, 4) is 5.75 Å². The van der Waals surface area contributed by atoms with E-state index in [4.69, 9.17) is 0 Å². The Morgan fingerprint density at radius 1 is 1.00 bits per heavy atom. The topological polar surface area (TPSA) is 105 Å². The molecule has 0 radical (unpaired) electrons. The molecule has 1 aliphatic heterocycles. The van der Waals surface area contributed by atoms with E-state index in [0.717, 1.165) is 23.5 Å². The van der Waals surface area contributed by atoms with Crippen molar-refractivity contribution in [3.05, 3.63) is 60.2 Å². The number of carbonyl (C=O) groups is 2. The Labute approximate surface area is 204 Å². The van der Waals surface area contributed by atoms with Gasteiger partial charge in [-0.1, -0.05) is 6.07 Å². The zero-order valence-corrected chi connectivity index (χ0v) is 19.5. The number of hydrogen-bond acceptors (Lipinski definition) is 6. The molecule has 10 nitrogen and oxygen atoms in total. The third-order valence-corrected chi connectivity index (χ3v) is 5.44. The number of nitrogens with zero attached hydrogens (tertiary/aromatic N) is 5. The molecule has 3 aromatic rings. The van der Waals surface area contributed by atoms with Crippen molar-refractivity contribution < 1.29 is 27.5 Å². The summed E-state index contributed by atoms with van der Waals surface area (Å²) < 4.78 is 42.1. The summed E-state index contributed by atoms with van der Waals surface area (Å²) in [7, 11) is 1.65. The van der Waals surface area contributed by atoms with Crippen LogP contribution in [0.5, 0.6) is 5.75 Å². The molecule has 3 amide bonds. The minimum atomic E-state index is -4.80. The molecule has 0 aliphatic carbocycles. The normalized spacial score (nSPS) is 13.9. The molecule has 0 spiro atoms. The summed E-state index contributed by atoms with van der Waals surface area (Å²) >= 11 is 0. The maximum Gasteiger partial charge on any atom is 0.573 e. The lowest BCUT2D eigenvalue weighted by Gasteiger charge is -2.35. The number of anilines is 3. The van der Waals surface area contributed by atoms with Gasteiger partial charge in [0.1, 0.15) is 11.6 Å². The maximum absolute atomic E-state index is 13.0. The van der Waals surface area contributed by atoms with Crippen LogP contribution in [0.4, 0.5) is 35.3 Å². The summed E-state index contributed by atoms with van der Waals surface area (Å²) in [5, 5.41) is 5.00. The molecule has 2 N–H and O–H groups in total. The van der Waals surface area contributed by atoms with Crippen LogP contribution in [0.3, 0.4) is 0 Å². The van der Waals surface area contributed by atoms with Crippen LogP contribution in [0.15, 0.2) is 48.8 Å². The number of benzene rings is 1. The molecule has 0 bridgehead atoms. The van der Waals surface area contributed by atoms with Crippen LogP contribution < -0.4 is 20.3 Å². The van der Waals surface area contributed by atoms with E-state index in [0.29, 0.717) is 26.2 Å². The van der Waals surface area contributed by atoms with Crippen molar-refractivity contribution in [3.63, 3.8) is 0 Å². The van der Waals surface area contributed by atoms with Crippen molar-refractivity contribution >= 4 is 29.3 Å². The molecule has 0 unspecified atom stereocenters. The number of nitrogens with one attached hydrogen (secondary N) is 2. The lowest BCUT2D eigenvalue weighted by atomic mass is 10.2. The van der Waals surface area contributed by atoms with E-state index in [1.807, 2.05) is 25.3 Å². The first-order valence-corrected chi connectivity index (χ1v) is 11.0. The number of halogens is 3. The van der Waals surface area contributed by atoms with Gasteiger partial charge in [0.2, 0.25) is 5.82 Å². The Bertz CT molecular complexity index is 1220. The van der Waals surface area contributed by atoms with Crippen molar-refractivity contribution in [2.45, 2.75) is 13.3 Å². The van der Waals surface area contributed by atoms with Gasteiger partial charge in [0.25, 0.3) is 5.91 Å². The second-order valence-corrected chi connectivity index (χ2v) is 8.18. The molecule has 1 aliphatic rings. The SMILES string of the molecule is Cc1ccc(N2CCN(C(=O)c3nc(NC(=O)Nc4ccc(OC(F)(F)F)cc4)cn3C)CC2)nc1. The Balaban J connectivity index is 1.31. The molecular weight excluding hydrogens is 479 g/mol. The highest BCUT2D eigenvalue weighted by Gasteiger charge is 2.31. The highest BCUT2D eigenvalue weighted by atomic mass is 19.4. The van der Waals surface area contributed by atoms with Gasteiger partial charge >= 0.3 is 12.4 Å². The fourth-order valence-corrected chi connectivity index (χ4v) is 3.67. The van der Waals surface area contributed by atoms with Gasteiger partial charge in [-0.05, 0) is 42.8 Å². The van der Waals surface area contributed by atoms with Crippen LogP contribution in [-0.4, -0.2) is 63.9 Å². The number of aryl methyl sites for hydroxylation is 2. The standard InChI is InChI=1S/C23H24F3N7O3/c1-15-3-8-19(27-13-15)32-9-11-33(12-10-32)21(34)20-29-18(14-31(20)2)30-22(35)28-16-4-6-17(7-5-16)36-23(24,25)26/h3-8,13-14H,9-12H2,1-2H3,(H2,28,30,35). The van der Waals surface area contributed by atoms with Gasteiger partial charge in [-0.2, -0.15) is 0 Å². The number of amides is 3. The number of alkyl halides is 3. The largest absolute Gasteiger partial charge is 0.573 e. The molecule has 1 aromatic carbocycles. The summed E-state index contributed by atoms with van der Waals surface area (Å²) in [5.74, 6) is 0.517. The van der Waals surface area contributed by atoms with Crippen LogP contribution in [0.1, 0.15) is 16.2 Å². The Morgan fingerprint density at radius 2 is 1.69 bits per heavy atom. The van der Waals surface area contributed by atoms with Gasteiger partial charge < -0.3 is 24.4 Å². The number of hydrogen-bond donors (Lipinski definition) is 2. The third-order valence-electron chi connectivity index (χ3n) is 5.44. The van der Waals surface area contributed by atoms with E-state index in [1.54, 1.807) is 11.9 Å². The van der Waals surface area contributed by atoms with Crippen LogP contribution in [0, 0.1) is 6.92 Å². The predicted octanol–water partition coefficient (Wildman–Crippen LogP) is 3.63. The summed E-state index contributed by atoms with van der Waals surface area (Å²) in [6.07, 6.45) is -1.49. The second-order valence-electron chi connectivity index (χ2n) is 8.18. The lowest BCUT2D eigenvalue weighted by Crippen LogP contribution is -2.49. The number of imidazole rings is 1. The van der Waals surface area contributed by atoms with E-state index < -0.39 is 18.1 Å². The smallest absolute Gasteiger partial charge is 0.406 e. The number of pyridine rings is 1. The van der Waals surface area contributed by atoms with Gasteiger partial charge in [0.05, 0.1) is 0 Å². The van der Waals surface area contributed by atoms with E-state index >= 15 is 0 Å². The highest BCUT2D eigenvalue weighted by molar-refractivity contribution is 6.00. The molecule has 190 valence electrons. The van der Waals surface area contributed by atoms with Crippen molar-refractivity contribution in [2.24, 2.45) is 7.05 Å². The fourth-order valence-electron chi connectivity index (χ4n) is 3.67. The van der Waals surface area contributed by atoms with Crippen LogP contribution in [0.25, 0.3) is 0 Å². The van der Waals surface area contributed by atoms with Gasteiger partial charge in [0, 0.05) is 51.3 Å². The molecule has 2 aromatic heterocycles. The van der Waals surface area contributed by atoms with Crippen molar-refractivity contribution in [2.75, 3.05) is 41.7 Å². The molecular formula is C23H24F3N7O3. The van der Waals surface area contributed by atoms with Gasteiger partial charge in [-0.25, -0.2) is 14.8 Å². The van der Waals surface area contributed by atoms with E-state index in [1.165, 1.54) is 22.9 Å². The Kier molecular flexibility index (Phi) is 6.99. The average molecular weight is 503 g/mol. The maximum atomic E-state index is 13.0. The minimum Gasteiger partial charge on any atom is -0.406 e. The molecule has 0 saturated carbocycles. The van der Waals surface area contributed by atoms with E-state index in [2.05, 4.69) is 30.2 Å². The average Bonchev–Trinajstić information content (AvgIpc) is 3.19. The monoisotopic (exact) mass is 503 g/mol. The van der Waals surface area contributed by atoms with Gasteiger partial charge in [0.15, 0.2) is 5.82 Å². The molecule has 1 fully saturated rings. The first kappa shape index (κ1) is 24.8. The number of rotatable bonds is 5. The first-order chi connectivity index (χ1) is 17.1. The summed E-state index contributed by atoms with van der Waals surface area (Å²) in [5.41, 5.74) is 1.32. The second kappa shape index (κ2) is 10.1. The minimum absolute atomic E-state index is 0.151. The number of carbonyl (C=O) groups excluding carboxylic acids is 2. The Hall–Kier alpha value is -4.29. The van der Waals surface area contributed by atoms with Gasteiger partial charge in [-0.3, -0.25) is 10.1 Å². The summed E-state index contributed by atoms with van der Waals surface area (Å²) in [6.45, 7) is 4.23. The third kappa shape index (κ3) is 6.23. The summed E-state index contributed by atoms with van der Waals surface area (Å²) in [4.78, 5) is 37.8. The van der Waals surface area contributed by atoms with Crippen LogP contribution in [-0.2, 0) is 7.05 Å². The quantitative estimate of drug-likeness (QED) is 0.551. The molecule has 36 heavy (non-hydrogen) atoms. The van der Waals surface area contributed by atoms with Crippen molar-refractivity contribution in [1.29, 1.82) is 0 Å². The fraction of sp³-hybridized carbons (Fsp3) is 0.304. The van der Waals surface area contributed by atoms with Crippen LogP contribution >= 0.6 is 0 Å². The number of piperazine rings is 1. The number of aromatic nitrogens is 3. The van der Waals surface area contributed by atoms with E-state index in [-0.39, 0.29) is 23.2 Å². The molecule has 4 rings (SSSR count). The number of ether oxygens (including phenoxy) is 1. The zero-order valence-electron chi connectivity index (χ0n) is 19.5. The Morgan fingerprint density at radius 3 is 2.31 bits per heavy atom. The van der Waals surface area contributed by atoms with E-state index in [9.17, 15) is 22.8 Å². The number of urea groups is 1. The molecule has 3 heterocycles. The lowest BCUT2D eigenvalue weighted by molar-refractivity contribution is -0.274. The molecule has 1 saturated heterocycles. The highest BCUT2D eigenvalue weighted by Crippen LogP contribution is 2.24. The van der Waals surface area contributed by atoms with Crippen molar-refractivity contribution in [1.82, 2.24) is 19.4 Å². The predicted molar refractivity (Wildman–Crippen MR) is 126 cm³/mol. The first-order valence-electron chi connectivity index (χ1n) is 11.0. The summed E-state index contributed by atoms with van der Waals surface area (Å²) in [6, 6.07) is 7.97. The van der Waals surface area contributed by atoms with Gasteiger partial charge in [-0.15, -0.1) is 13.2 Å². The molecule has 0 atom stereocenters. The van der Waals surface area contributed by atoms with Crippen LogP contribution in [0.2, 0.25) is 0 Å². The molecule has 13 heteroatoms.